The molecule has 0 saturated carbocycles. The van der Waals surface area contributed by atoms with Crippen LogP contribution >= 0.6 is 11.6 Å². The highest BCUT2D eigenvalue weighted by Gasteiger charge is 2.13. The predicted octanol–water partition coefficient (Wildman–Crippen LogP) is 4.46. The molecule has 0 amide bonds. The van der Waals surface area contributed by atoms with Gasteiger partial charge in [-0.1, -0.05) is 41.9 Å². The molecule has 0 bridgehead atoms. The van der Waals surface area contributed by atoms with Crippen molar-refractivity contribution in [2.45, 2.75) is 25.9 Å². The van der Waals surface area contributed by atoms with Gasteiger partial charge in [0, 0.05) is 22.7 Å². The van der Waals surface area contributed by atoms with E-state index < -0.39 is 0 Å². The lowest BCUT2D eigenvalue weighted by molar-refractivity contribution is 0.438. The molecule has 3 heteroatoms. The summed E-state index contributed by atoms with van der Waals surface area (Å²) >= 11 is 5.89. The first-order valence-corrected chi connectivity index (χ1v) is 6.75. The quantitative estimate of drug-likeness (QED) is 0.864. The van der Waals surface area contributed by atoms with Crippen molar-refractivity contribution in [3.63, 3.8) is 0 Å². The van der Waals surface area contributed by atoms with Crippen LogP contribution in [0, 0.1) is 0 Å². The molecule has 2 nitrogen and oxygen atoms in total. The molecule has 0 radical (unpaired) electrons. The number of para-hydroxylation sites is 1. The van der Waals surface area contributed by atoms with E-state index in [1.807, 2.05) is 49.4 Å². The van der Waals surface area contributed by atoms with Crippen LogP contribution in [0.15, 0.2) is 48.5 Å². The summed E-state index contributed by atoms with van der Waals surface area (Å²) in [6.45, 7) is 4.14. The lowest BCUT2D eigenvalue weighted by atomic mass is 10.0. The summed E-state index contributed by atoms with van der Waals surface area (Å²) in [5, 5.41) is 14.1. The van der Waals surface area contributed by atoms with Gasteiger partial charge in [0.15, 0.2) is 0 Å². The molecule has 0 aliphatic heterocycles. The Morgan fingerprint density at radius 1 is 0.947 bits per heavy atom. The Morgan fingerprint density at radius 3 is 2.21 bits per heavy atom. The minimum Gasteiger partial charge on any atom is -0.508 e. The summed E-state index contributed by atoms with van der Waals surface area (Å²) < 4.78 is 0. The summed E-state index contributed by atoms with van der Waals surface area (Å²) in [5.41, 5.74) is 2.08. The molecule has 2 rings (SSSR count). The first-order chi connectivity index (χ1) is 9.08. The molecule has 0 aliphatic carbocycles. The summed E-state index contributed by atoms with van der Waals surface area (Å²) in [6.07, 6.45) is 0. The fraction of sp³-hybridized carbons (Fsp3) is 0.250. The summed E-state index contributed by atoms with van der Waals surface area (Å²) in [7, 11) is 0. The van der Waals surface area contributed by atoms with Gasteiger partial charge in [0.2, 0.25) is 0 Å². The third-order valence-corrected chi connectivity index (χ3v) is 3.53. The number of phenols is 1. The van der Waals surface area contributed by atoms with Gasteiger partial charge in [-0.3, -0.25) is 0 Å². The van der Waals surface area contributed by atoms with Crippen molar-refractivity contribution in [1.29, 1.82) is 0 Å². The van der Waals surface area contributed by atoms with E-state index in [0.29, 0.717) is 5.75 Å². The van der Waals surface area contributed by atoms with Gasteiger partial charge in [0.05, 0.1) is 0 Å². The Bertz CT molecular complexity index is 539. The fourth-order valence-corrected chi connectivity index (χ4v) is 2.29. The van der Waals surface area contributed by atoms with Crippen LogP contribution in [0.1, 0.15) is 37.1 Å². The molecule has 100 valence electrons. The Morgan fingerprint density at radius 2 is 1.58 bits per heavy atom. The van der Waals surface area contributed by atoms with E-state index >= 15 is 0 Å². The number of hydrogen-bond donors (Lipinski definition) is 2. The zero-order valence-electron chi connectivity index (χ0n) is 11.1. The highest BCUT2D eigenvalue weighted by molar-refractivity contribution is 6.30. The lowest BCUT2D eigenvalue weighted by Crippen LogP contribution is -2.22. The van der Waals surface area contributed by atoms with Crippen molar-refractivity contribution in [2.24, 2.45) is 0 Å². The molecule has 0 spiro atoms. The van der Waals surface area contributed by atoms with Crippen molar-refractivity contribution in [3.8, 4) is 5.75 Å². The average molecular weight is 276 g/mol. The topological polar surface area (TPSA) is 32.3 Å². The van der Waals surface area contributed by atoms with E-state index in [4.69, 9.17) is 11.6 Å². The zero-order chi connectivity index (χ0) is 13.8. The van der Waals surface area contributed by atoms with E-state index in [1.54, 1.807) is 6.07 Å². The van der Waals surface area contributed by atoms with Crippen LogP contribution in [0.5, 0.6) is 5.75 Å². The van der Waals surface area contributed by atoms with E-state index in [0.717, 1.165) is 10.6 Å². The van der Waals surface area contributed by atoms with Crippen molar-refractivity contribution in [1.82, 2.24) is 5.32 Å². The average Bonchev–Trinajstić information content (AvgIpc) is 2.39. The van der Waals surface area contributed by atoms with Crippen molar-refractivity contribution < 1.29 is 5.11 Å². The van der Waals surface area contributed by atoms with Crippen LogP contribution in [0.4, 0.5) is 0 Å². The van der Waals surface area contributed by atoms with Crippen LogP contribution in [0.2, 0.25) is 5.02 Å². The van der Waals surface area contributed by atoms with Crippen molar-refractivity contribution in [2.75, 3.05) is 0 Å². The SMILES string of the molecule is CC(N[C@@H](C)c1ccc(Cl)cc1)c1ccccc1O. The van der Waals surface area contributed by atoms with E-state index in [-0.39, 0.29) is 12.1 Å². The fourth-order valence-electron chi connectivity index (χ4n) is 2.17. The summed E-state index contributed by atoms with van der Waals surface area (Å²) in [4.78, 5) is 0. The smallest absolute Gasteiger partial charge is 0.120 e. The third-order valence-electron chi connectivity index (χ3n) is 3.27. The molecule has 1 unspecified atom stereocenters. The summed E-state index contributed by atoms with van der Waals surface area (Å²) in [6, 6.07) is 15.5. The van der Waals surface area contributed by atoms with Gasteiger partial charge in [-0.2, -0.15) is 0 Å². The van der Waals surface area contributed by atoms with Gasteiger partial charge in [-0.15, -0.1) is 0 Å². The maximum absolute atomic E-state index is 9.84. The number of phenolic OH excluding ortho intramolecular Hbond substituents is 1. The molecular formula is C16H18ClNO. The first-order valence-electron chi connectivity index (χ1n) is 6.37. The molecule has 2 atom stereocenters. The summed E-state index contributed by atoms with van der Waals surface area (Å²) in [5.74, 6) is 0.325. The monoisotopic (exact) mass is 275 g/mol. The van der Waals surface area contributed by atoms with E-state index in [2.05, 4.69) is 12.2 Å². The highest BCUT2D eigenvalue weighted by Crippen LogP contribution is 2.26. The van der Waals surface area contributed by atoms with Gasteiger partial charge < -0.3 is 10.4 Å². The number of halogens is 1. The van der Waals surface area contributed by atoms with Crippen LogP contribution in [0.25, 0.3) is 0 Å². The zero-order valence-corrected chi connectivity index (χ0v) is 11.9. The second kappa shape index (κ2) is 6.09. The van der Waals surface area contributed by atoms with Gasteiger partial charge in [-0.25, -0.2) is 0 Å². The van der Waals surface area contributed by atoms with E-state index in [9.17, 15) is 5.11 Å². The molecule has 2 aromatic carbocycles. The molecule has 0 aromatic heterocycles. The Balaban J connectivity index is 2.08. The number of benzene rings is 2. The molecule has 2 N–H and O–H groups in total. The molecule has 0 fully saturated rings. The van der Waals surface area contributed by atoms with Crippen LogP contribution in [-0.2, 0) is 0 Å². The van der Waals surface area contributed by atoms with Crippen LogP contribution in [-0.4, -0.2) is 5.11 Å². The standard InChI is InChI=1S/C16H18ClNO/c1-11(13-7-9-14(17)10-8-13)18-12(2)15-5-3-4-6-16(15)19/h3-12,18-19H,1-2H3/t11-,12?/m0/s1. The second-order valence-corrected chi connectivity index (χ2v) is 5.16. The minimum atomic E-state index is 0.0758. The van der Waals surface area contributed by atoms with Crippen molar-refractivity contribution in [3.05, 3.63) is 64.7 Å². The maximum atomic E-state index is 9.84. The Kier molecular flexibility index (Phi) is 4.46. The molecule has 19 heavy (non-hydrogen) atoms. The first kappa shape index (κ1) is 13.9. The molecule has 0 saturated heterocycles. The highest BCUT2D eigenvalue weighted by atomic mass is 35.5. The van der Waals surface area contributed by atoms with Crippen molar-refractivity contribution >= 4 is 11.6 Å². The normalized spacial score (nSPS) is 14.1. The van der Waals surface area contributed by atoms with Gasteiger partial charge >= 0.3 is 0 Å². The van der Waals surface area contributed by atoms with Gasteiger partial charge in [-0.05, 0) is 37.6 Å². The number of nitrogens with one attached hydrogen (secondary N) is 1. The van der Waals surface area contributed by atoms with Gasteiger partial charge in [0.1, 0.15) is 5.75 Å². The minimum absolute atomic E-state index is 0.0758. The number of rotatable bonds is 4. The van der Waals surface area contributed by atoms with E-state index in [1.165, 1.54) is 5.56 Å². The largest absolute Gasteiger partial charge is 0.508 e. The van der Waals surface area contributed by atoms with Gasteiger partial charge in [0.25, 0.3) is 0 Å². The predicted molar refractivity (Wildman–Crippen MR) is 79.5 cm³/mol. The molecule has 0 heterocycles. The molecule has 0 aliphatic rings. The lowest BCUT2D eigenvalue weighted by Gasteiger charge is -2.21. The maximum Gasteiger partial charge on any atom is 0.120 e. The number of aromatic hydroxyl groups is 1. The Hall–Kier alpha value is -1.51. The third kappa shape index (κ3) is 3.49. The van der Waals surface area contributed by atoms with Crippen LogP contribution in [0.3, 0.4) is 0 Å². The Labute approximate surface area is 119 Å². The number of hydrogen-bond acceptors (Lipinski definition) is 2. The molecule has 2 aromatic rings. The molecular weight excluding hydrogens is 258 g/mol. The second-order valence-electron chi connectivity index (χ2n) is 4.72. The van der Waals surface area contributed by atoms with Crippen LogP contribution < -0.4 is 5.32 Å².